The number of nitro groups is 1. The lowest BCUT2D eigenvalue weighted by Crippen LogP contribution is -2.23. The van der Waals surface area contributed by atoms with Crippen LogP contribution in [0.25, 0.3) is 0 Å². The third-order valence-electron chi connectivity index (χ3n) is 3.70. The van der Waals surface area contributed by atoms with Crippen LogP contribution in [0.2, 0.25) is 0 Å². The van der Waals surface area contributed by atoms with E-state index in [4.69, 9.17) is 0 Å². The van der Waals surface area contributed by atoms with Gasteiger partial charge in [0.15, 0.2) is 0 Å². The topological polar surface area (TPSA) is 66.6 Å². The molecule has 5 nitrogen and oxygen atoms in total. The van der Waals surface area contributed by atoms with E-state index in [-0.39, 0.29) is 16.0 Å². The smallest absolute Gasteiger partial charge is 0.292 e. The van der Waals surface area contributed by atoms with Gasteiger partial charge in [-0.3, -0.25) is 10.1 Å². The summed E-state index contributed by atoms with van der Waals surface area (Å²) in [5.74, 6) is 0. The third kappa shape index (κ3) is 2.87. The first-order valence-corrected chi connectivity index (χ1v) is 6.51. The summed E-state index contributed by atoms with van der Waals surface area (Å²) in [5.41, 5.74) is 1.50. The van der Waals surface area contributed by atoms with E-state index in [0.717, 1.165) is 19.5 Å². The molecule has 0 aromatic heterocycles. The monoisotopic (exact) mass is 264 g/mol. The molecular formula is C14H20N2O3. The number of hydrogen-bond acceptors (Lipinski definition) is 4. The summed E-state index contributed by atoms with van der Waals surface area (Å²) >= 11 is 0. The molecule has 1 atom stereocenters. The number of anilines is 1. The quantitative estimate of drug-likeness (QED) is 0.673. The van der Waals surface area contributed by atoms with Crippen molar-refractivity contribution in [2.24, 2.45) is 5.41 Å². The summed E-state index contributed by atoms with van der Waals surface area (Å²) in [6, 6.07) is 4.99. The van der Waals surface area contributed by atoms with Gasteiger partial charge in [-0.1, -0.05) is 19.9 Å². The molecule has 19 heavy (non-hydrogen) atoms. The zero-order valence-corrected chi connectivity index (χ0v) is 11.6. The molecule has 0 spiro atoms. The first-order chi connectivity index (χ1) is 8.80. The van der Waals surface area contributed by atoms with Crippen molar-refractivity contribution in [3.63, 3.8) is 0 Å². The van der Waals surface area contributed by atoms with Gasteiger partial charge in [-0.05, 0) is 30.4 Å². The Morgan fingerprint density at radius 3 is 2.63 bits per heavy atom. The molecule has 1 saturated heterocycles. The summed E-state index contributed by atoms with van der Waals surface area (Å²) in [7, 11) is 0. The SMILES string of the molecule is C[C@@H](O)c1ccc(N2CCC(C)(C)C2)c([N+](=O)[O-])c1. The van der Waals surface area contributed by atoms with Crippen LogP contribution >= 0.6 is 0 Å². The van der Waals surface area contributed by atoms with E-state index in [1.807, 2.05) is 0 Å². The minimum atomic E-state index is -0.692. The van der Waals surface area contributed by atoms with Crippen LogP contribution in [-0.2, 0) is 0 Å². The van der Waals surface area contributed by atoms with E-state index in [1.54, 1.807) is 19.1 Å². The van der Waals surface area contributed by atoms with E-state index >= 15 is 0 Å². The van der Waals surface area contributed by atoms with E-state index in [1.165, 1.54) is 6.07 Å². The third-order valence-corrected chi connectivity index (χ3v) is 3.70. The zero-order chi connectivity index (χ0) is 14.2. The highest BCUT2D eigenvalue weighted by Gasteiger charge is 2.32. The van der Waals surface area contributed by atoms with Crippen molar-refractivity contribution in [1.82, 2.24) is 0 Å². The van der Waals surface area contributed by atoms with Crippen LogP contribution in [-0.4, -0.2) is 23.1 Å². The highest BCUT2D eigenvalue weighted by Crippen LogP contribution is 2.37. The molecule has 0 radical (unpaired) electrons. The van der Waals surface area contributed by atoms with Crippen LogP contribution in [0.3, 0.4) is 0 Å². The minimum absolute atomic E-state index is 0.0797. The number of hydrogen-bond donors (Lipinski definition) is 1. The predicted octanol–water partition coefficient (Wildman–Crippen LogP) is 2.88. The van der Waals surface area contributed by atoms with Crippen LogP contribution in [0.15, 0.2) is 18.2 Å². The van der Waals surface area contributed by atoms with Crippen LogP contribution in [0.1, 0.15) is 38.9 Å². The van der Waals surface area contributed by atoms with Gasteiger partial charge in [-0.25, -0.2) is 0 Å². The maximum absolute atomic E-state index is 11.2. The number of rotatable bonds is 3. The van der Waals surface area contributed by atoms with Crippen molar-refractivity contribution in [1.29, 1.82) is 0 Å². The van der Waals surface area contributed by atoms with Gasteiger partial charge in [0, 0.05) is 19.2 Å². The van der Waals surface area contributed by atoms with Gasteiger partial charge >= 0.3 is 0 Å². The van der Waals surface area contributed by atoms with Crippen molar-refractivity contribution in [3.05, 3.63) is 33.9 Å². The standard InChI is InChI=1S/C14H20N2O3/c1-10(17)11-4-5-12(13(8-11)16(18)19)15-7-6-14(2,3)9-15/h4-5,8,10,17H,6-7,9H2,1-3H3/t10-/m1/s1. The number of nitro benzene ring substituents is 1. The molecule has 1 aromatic rings. The Kier molecular flexibility index (Phi) is 3.49. The largest absolute Gasteiger partial charge is 0.389 e. The fraction of sp³-hybridized carbons (Fsp3) is 0.571. The van der Waals surface area contributed by atoms with Gasteiger partial charge in [0.05, 0.1) is 11.0 Å². The Bertz CT molecular complexity index is 497. The molecule has 0 saturated carbocycles. The molecule has 0 unspecified atom stereocenters. The average molecular weight is 264 g/mol. The Morgan fingerprint density at radius 1 is 1.47 bits per heavy atom. The zero-order valence-electron chi connectivity index (χ0n) is 11.6. The van der Waals surface area contributed by atoms with Gasteiger partial charge in [0.1, 0.15) is 5.69 Å². The lowest BCUT2D eigenvalue weighted by Gasteiger charge is -2.22. The summed E-state index contributed by atoms with van der Waals surface area (Å²) in [4.78, 5) is 12.9. The highest BCUT2D eigenvalue weighted by molar-refractivity contribution is 5.65. The van der Waals surface area contributed by atoms with Gasteiger partial charge in [0.2, 0.25) is 0 Å². The van der Waals surface area contributed by atoms with E-state index in [9.17, 15) is 15.2 Å². The molecule has 1 aliphatic heterocycles. The average Bonchev–Trinajstić information content (AvgIpc) is 2.68. The lowest BCUT2D eigenvalue weighted by molar-refractivity contribution is -0.384. The van der Waals surface area contributed by atoms with Crippen LogP contribution in [0.4, 0.5) is 11.4 Å². The molecule has 2 rings (SSSR count). The van der Waals surface area contributed by atoms with Crippen molar-refractivity contribution >= 4 is 11.4 Å². The van der Waals surface area contributed by atoms with Crippen molar-refractivity contribution in [3.8, 4) is 0 Å². The minimum Gasteiger partial charge on any atom is -0.389 e. The maximum atomic E-state index is 11.2. The summed E-state index contributed by atoms with van der Waals surface area (Å²) in [5, 5.41) is 20.7. The summed E-state index contributed by atoms with van der Waals surface area (Å²) < 4.78 is 0. The maximum Gasteiger partial charge on any atom is 0.292 e. The normalized spacial score (nSPS) is 19.5. The lowest BCUT2D eigenvalue weighted by atomic mass is 9.93. The molecule has 0 bridgehead atoms. The van der Waals surface area contributed by atoms with E-state index in [0.29, 0.717) is 11.3 Å². The molecule has 1 N–H and O–H groups in total. The molecule has 0 aliphatic carbocycles. The summed E-state index contributed by atoms with van der Waals surface area (Å²) in [6.45, 7) is 7.60. The number of nitrogens with zero attached hydrogens (tertiary/aromatic N) is 2. The Balaban J connectivity index is 2.38. The Hall–Kier alpha value is -1.62. The fourth-order valence-corrected chi connectivity index (χ4v) is 2.53. The molecule has 1 fully saturated rings. The first kappa shape index (κ1) is 13.8. The number of aliphatic hydroxyl groups is 1. The van der Waals surface area contributed by atoms with Gasteiger partial charge < -0.3 is 10.0 Å². The molecule has 5 heteroatoms. The van der Waals surface area contributed by atoms with Crippen molar-refractivity contribution in [2.75, 3.05) is 18.0 Å². The van der Waals surface area contributed by atoms with Crippen molar-refractivity contribution in [2.45, 2.75) is 33.3 Å². The highest BCUT2D eigenvalue weighted by atomic mass is 16.6. The second-order valence-corrected chi connectivity index (χ2v) is 6.02. The van der Waals surface area contributed by atoms with Crippen LogP contribution in [0.5, 0.6) is 0 Å². The Morgan fingerprint density at radius 2 is 2.16 bits per heavy atom. The van der Waals surface area contributed by atoms with E-state index in [2.05, 4.69) is 18.7 Å². The molecule has 1 aromatic carbocycles. The van der Waals surface area contributed by atoms with Gasteiger partial charge in [0.25, 0.3) is 5.69 Å². The van der Waals surface area contributed by atoms with Crippen molar-refractivity contribution < 1.29 is 10.0 Å². The molecule has 104 valence electrons. The fourth-order valence-electron chi connectivity index (χ4n) is 2.53. The predicted molar refractivity (Wildman–Crippen MR) is 74.3 cm³/mol. The summed E-state index contributed by atoms with van der Waals surface area (Å²) in [6.07, 6.45) is 0.338. The Labute approximate surface area is 113 Å². The van der Waals surface area contributed by atoms with Crippen LogP contribution in [0, 0.1) is 15.5 Å². The number of aliphatic hydroxyl groups excluding tert-OH is 1. The number of benzene rings is 1. The second-order valence-electron chi connectivity index (χ2n) is 6.02. The van der Waals surface area contributed by atoms with E-state index < -0.39 is 6.10 Å². The first-order valence-electron chi connectivity index (χ1n) is 6.51. The molecule has 0 amide bonds. The molecule has 1 heterocycles. The van der Waals surface area contributed by atoms with Gasteiger partial charge in [-0.15, -0.1) is 0 Å². The molecule has 1 aliphatic rings. The molecular weight excluding hydrogens is 244 g/mol. The van der Waals surface area contributed by atoms with Gasteiger partial charge in [-0.2, -0.15) is 0 Å². The second kappa shape index (κ2) is 4.81. The van der Waals surface area contributed by atoms with Crippen LogP contribution < -0.4 is 4.90 Å².